The molecule has 0 bridgehead atoms. The third kappa shape index (κ3) is 1.98. The van der Waals surface area contributed by atoms with Crippen LogP contribution in [0, 0.1) is 0 Å². The molecule has 1 atom stereocenters. The first-order chi connectivity index (χ1) is 5.74. The summed E-state index contributed by atoms with van der Waals surface area (Å²) in [6.07, 6.45) is -0.330. The Balaban J connectivity index is 2.32. The summed E-state index contributed by atoms with van der Waals surface area (Å²) in [6, 6.07) is 0. The average Bonchev–Trinajstić information content (AvgIpc) is 2.47. The standard InChI is InChI=1S/C7H8O5/c1-2-3-10-6(8)5-4-11-7(9)12-5/h2,5H,1,3-4H2. The summed E-state index contributed by atoms with van der Waals surface area (Å²) in [7, 11) is 0. The largest absolute Gasteiger partial charge is 0.509 e. The van der Waals surface area contributed by atoms with E-state index in [0.29, 0.717) is 0 Å². The van der Waals surface area contributed by atoms with Crippen molar-refractivity contribution in [1.29, 1.82) is 0 Å². The SMILES string of the molecule is C=CCOC(=O)C1COC(=O)O1. The second-order valence-corrected chi connectivity index (χ2v) is 2.09. The first kappa shape index (κ1) is 8.58. The van der Waals surface area contributed by atoms with Gasteiger partial charge in [0.15, 0.2) is 0 Å². The predicted octanol–water partition coefficient (Wildman–Crippen LogP) is 0.251. The van der Waals surface area contributed by atoms with E-state index in [9.17, 15) is 9.59 Å². The Morgan fingerprint density at radius 2 is 2.58 bits per heavy atom. The van der Waals surface area contributed by atoms with Crippen LogP contribution in [0.1, 0.15) is 0 Å². The number of ether oxygens (including phenoxy) is 3. The molecular formula is C7H8O5. The van der Waals surface area contributed by atoms with Gasteiger partial charge in [-0.1, -0.05) is 12.7 Å². The minimum atomic E-state index is -0.919. The summed E-state index contributed by atoms with van der Waals surface area (Å²) in [6.45, 7) is 3.39. The van der Waals surface area contributed by atoms with E-state index < -0.39 is 18.2 Å². The molecule has 0 aromatic rings. The Morgan fingerprint density at radius 3 is 3.08 bits per heavy atom. The molecule has 0 radical (unpaired) electrons. The molecule has 1 rings (SSSR count). The zero-order valence-corrected chi connectivity index (χ0v) is 6.32. The lowest BCUT2D eigenvalue weighted by atomic mass is 10.4. The minimum absolute atomic E-state index is 0.0746. The molecule has 1 unspecified atom stereocenters. The van der Waals surface area contributed by atoms with Gasteiger partial charge in [-0.05, 0) is 0 Å². The van der Waals surface area contributed by atoms with E-state index in [1.54, 1.807) is 0 Å². The molecule has 0 saturated carbocycles. The lowest BCUT2D eigenvalue weighted by molar-refractivity contribution is -0.150. The van der Waals surface area contributed by atoms with Gasteiger partial charge >= 0.3 is 12.1 Å². The van der Waals surface area contributed by atoms with Crippen molar-refractivity contribution in [2.24, 2.45) is 0 Å². The molecular weight excluding hydrogens is 164 g/mol. The van der Waals surface area contributed by atoms with Crippen molar-refractivity contribution in [3.05, 3.63) is 12.7 Å². The van der Waals surface area contributed by atoms with Gasteiger partial charge in [-0.25, -0.2) is 9.59 Å². The van der Waals surface area contributed by atoms with Crippen molar-refractivity contribution in [2.45, 2.75) is 6.10 Å². The Bertz CT molecular complexity index is 210. The van der Waals surface area contributed by atoms with Crippen LogP contribution in [-0.4, -0.2) is 31.4 Å². The Labute approximate surface area is 68.9 Å². The molecule has 1 aliphatic heterocycles. The van der Waals surface area contributed by atoms with Crippen molar-refractivity contribution in [2.75, 3.05) is 13.2 Å². The van der Waals surface area contributed by atoms with E-state index in [0.717, 1.165) is 0 Å². The van der Waals surface area contributed by atoms with Crippen LogP contribution in [0.25, 0.3) is 0 Å². The van der Waals surface area contributed by atoms with Gasteiger partial charge in [-0.3, -0.25) is 0 Å². The summed E-state index contributed by atoms with van der Waals surface area (Å²) >= 11 is 0. The highest BCUT2D eigenvalue weighted by molar-refractivity contribution is 5.79. The summed E-state index contributed by atoms with van der Waals surface area (Å²) in [5, 5.41) is 0. The molecule has 1 heterocycles. The number of cyclic esters (lactones) is 2. The summed E-state index contributed by atoms with van der Waals surface area (Å²) in [5.74, 6) is -0.610. The smallest absolute Gasteiger partial charge is 0.459 e. The highest BCUT2D eigenvalue weighted by atomic mass is 16.8. The van der Waals surface area contributed by atoms with Crippen LogP contribution >= 0.6 is 0 Å². The summed E-state index contributed by atoms with van der Waals surface area (Å²) < 4.78 is 13.4. The first-order valence-corrected chi connectivity index (χ1v) is 3.35. The van der Waals surface area contributed by atoms with Crippen molar-refractivity contribution in [3.63, 3.8) is 0 Å². The van der Waals surface area contributed by atoms with Crippen LogP contribution in [0.4, 0.5) is 4.79 Å². The van der Waals surface area contributed by atoms with Crippen molar-refractivity contribution in [3.8, 4) is 0 Å². The molecule has 0 amide bonds. The Kier molecular flexibility index (Phi) is 2.68. The maximum absolute atomic E-state index is 10.9. The van der Waals surface area contributed by atoms with E-state index in [4.69, 9.17) is 0 Å². The third-order valence-corrected chi connectivity index (χ3v) is 1.20. The van der Waals surface area contributed by atoms with Gasteiger partial charge < -0.3 is 14.2 Å². The fourth-order valence-corrected chi connectivity index (χ4v) is 0.678. The van der Waals surface area contributed by atoms with Gasteiger partial charge in [0.2, 0.25) is 6.10 Å². The molecule has 5 heteroatoms. The first-order valence-electron chi connectivity index (χ1n) is 3.35. The highest BCUT2D eigenvalue weighted by Crippen LogP contribution is 2.07. The second kappa shape index (κ2) is 3.75. The van der Waals surface area contributed by atoms with Crippen LogP contribution < -0.4 is 0 Å². The minimum Gasteiger partial charge on any atom is -0.459 e. The number of hydrogen-bond donors (Lipinski definition) is 0. The Morgan fingerprint density at radius 1 is 1.83 bits per heavy atom. The molecule has 0 spiro atoms. The average molecular weight is 172 g/mol. The molecule has 0 N–H and O–H groups in total. The number of hydrogen-bond acceptors (Lipinski definition) is 5. The fraction of sp³-hybridized carbons (Fsp3) is 0.429. The molecule has 5 nitrogen and oxygen atoms in total. The maximum Gasteiger partial charge on any atom is 0.509 e. The number of esters is 1. The normalized spacial score (nSPS) is 21.0. The zero-order valence-electron chi connectivity index (χ0n) is 6.32. The van der Waals surface area contributed by atoms with Gasteiger partial charge in [-0.2, -0.15) is 0 Å². The van der Waals surface area contributed by atoms with E-state index in [1.807, 2.05) is 0 Å². The lowest BCUT2D eigenvalue weighted by Crippen LogP contribution is -2.25. The van der Waals surface area contributed by atoms with Crippen molar-refractivity contribution < 1.29 is 23.8 Å². The van der Waals surface area contributed by atoms with Crippen LogP contribution in [-0.2, 0) is 19.0 Å². The van der Waals surface area contributed by atoms with E-state index in [1.165, 1.54) is 6.08 Å². The summed E-state index contributed by atoms with van der Waals surface area (Å²) in [4.78, 5) is 21.3. The summed E-state index contributed by atoms with van der Waals surface area (Å²) in [5.41, 5.74) is 0. The van der Waals surface area contributed by atoms with Crippen molar-refractivity contribution >= 4 is 12.1 Å². The third-order valence-electron chi connectivity index (χ3n) is 1.20. The molecule has 1 fully saturated rings. The number of carbonyl (C=O) groups excluding carboxylic acids is 2. The van der Waals surface area contributed by atoms with E-state index in [2.05, 4.69) is 20.8 Å². The lowest BCUT2D eigenvalue weighted by Gasteiger charge is -2.04. The molecule has 12 heavy (non-hydrogen) atoms. The monoisotopic (exact) mass is 172 g/mol. The van der Waals surface area contributed by atoms with Crippen LogP contribution in [0.2, 0.25) is 0 Å². The van der Waals surface area contributed by atoms with Crippen LogP contribution in [0.15, 0.2) is 12.7 Å². The maximum atomic E-state index is 10.9. The van der Waals surface area contributed by atoms with Crippen LogP contribution in [0.5, 0.6) is 0 Å². The zero-order chi connectivity index (χ0) is 8.97. The molecule has 0 aromatic heterocycles. The topological polar surface area (TPSA) is 61.8 Å². The predicted molar refractivity (Wildman–Crippen MR) is 37.4 cm³/mol. The number of rotatable bonds is 3. The molecule has 0 aliphatic carbocycles. The van der Waals surface area contributed by atoms with Gasteiger partial charge in [0.25, 0.3) is 0 Å². The number of carbonyl (C=O) groups is 2. The van der Waals surface area contributed by atoms with Crippen LogP contribution in [0.3, 0.4) is 0 Å². The second-order valence-electron chi connectivity index (χ2n) is 2.09. The molecule has 0 aromatic carbocycles. The molecule has 1 aliphatic rings. The van der Waals surface area contributed by atoms with Crippen molar-refractivity contribution in [1.82, 2.24) is 0 Å². The fourth-order valence-electron chi connectivity index (χ4n) is 0.678. The Hall–Kier alpha value is -1.52. The van der Waals surface area contributed by atoms with Gasteiger partial charge in [0.1, 0.15) is 13.2 Å². The van der Waals surface area contributed by atoms with Gasteiger partial charge in [0, 0.05) is 0 Å². The highest BCUT2D eigenvalue weighted by Gasteiger charge is 2.32. The van der Waals surface area contributed by atoms with E-state index >= 15 is 0 Å². The quantitative estimate of drug-likeness (QED) is 0.451. The van der Waals surface area contributed by atoms with E-state index in [-0.39, 0.29) is 13.2 Å². The van der Waals surface area contributed by atoms with Gasteiger partial charge in [-0.15, -0.1) is 0 Å². The molecule has 1 saturated heterocycles. The van der Waals surface area contributed by atoms with Gasteiger partial charge in [0.05, 0.1) is 0 Å². The molecule has 66 valence electrons.